The molecule has 5 nitrogen and oxygen atoms in total. The molecule has 0 heterocycles. The first kappa shape index (κ1) is 16.7. The number of hydrogen-bond donors (Lipinski definition) is 0. The molecule has 0 bridgehead atoms. The van der Waals surface area contributed by atoms with Gasteiger partial charge in [0.15, 0.2) is 0 Å². The van der Waals surface area contributed by atoms with E-state index in [1.165, 1.54) is 0 Å². The van der Waals surface area contributed by atoms with Gasteiger partial charge in [0, 0.05) is 6.04 Å². The van der Waals surface area contributed by atoms with Gasteiger partial charge in [0.1, 0.15) is 6.54 Å². The van der Waals surface area contributed by atoms with Crippen molar-refractivity contribution in [2.24, 2.45) is 0 Å². The molecule has 0 aliphatic rings. The third-order valence-corrected chi connectivity index (χ3v) is 4.83. The Bertz CT molecular complexity index is 549. The van der Waals surface area contributed by atoms with Gasteiger partial charge >= 0.3 is 5.97 Å². The molecule has 20 heavy (non-hydrogen) atoms. The lowest BCUT2D eigenvalue weighted by Gasteiger charge is -2.24. The van der Waals surface area contributed by atoms with E-state index >= 15 is 0 Å². The van der Waals surface area contributed by atoms with Crippen LogP contribution >= 0.6 is 0 Å². The second kappa shape index (κ2) is 6.85. The van der Waals surface area contributed by atoms with Crippen LogP contribution in [-0.2, 0) is 19.6 Å². The van der Waals surface area contributed by atoms with Crippen molar-refractivity contribution in [2.45, 2.75) is 38.6 Å². The van der Waals surface area contributed by atoms with E-state index in [0.717, 1.165) is 9.87 Å². The van der Waals surface area contributed by atoms with Crippen LogP contribution in [0.2, 0.25) is 0 Å². The molecule has 0 radical (unpaired) electrons. The summed E-state index contributed by atoms with van der Waals surface area (Å²) in [4.78, 5) is 11.7. The van der Waals surface area contributed by atoms with Crippen LogP contribution in [0.5, 0.6) is 0 Å². The van der Waals surface area contributed by atoms with E-state index in [-0.39, 0.29) is 24.1 Å². The maximum Gasteiger partial charge on any atom is 0.321 e. The van der Waals surface area contributed by atoms with Crippen LogP contribution in [-0.4, -0.2) is 37.9 Å². The number of rotatable bonds is 6. The highest BCUT2D eigenvalue weighted by molar-refractivity contribution is 7.89. The topological polar surface area (TPSA) is 63.7 Å². The smallest absolute Gasteiger partial charge is 0.321 e. The molecular weight excluding hydrogens is 278 g/mol. The van der Waals surface area contributed by atoms with Gasteiger partial charge in [0.05, 0.1) is 11.5 Å². The minimum Gasteiger partial charge on any atom is -0.465 e. The van der Waals surface area contributed by atoms with Crippen molar-refractivity contribution in [2.75, 3.05) is 13.2 Å². The molecule has 6 heteroatoms. The van der Waals surface area contributed by atoms with Crippen LogP contribution in [0.3, 0.4) is 0 Å². The quantitative estimate of drug-likeness (QED) is 0.753. The predicted molar refractivity (Wildman–Crippen MR) is 76.8 cm³/mol. The largest absolute Gasteiger partial charge is 0.465 e. The molecule has 0 aromatic heterocycles. The number of aryl methyl sites for hydroxylation is 1. The van der Waals surface area contributed by atoms with Crippen molar-refractivity contribution in [3.63, 3.8) is 0 Å². The maximum absolute atomic E-state index is 12.5. The van der Waals surface area contributed by atoms with Crippen molar-refractivity contribution >= 4 is 16.0 Å². The highest BCUT2D eigenvalue weighted by Gasteiger charge is 2.29. The number of esters is 1. The molecule has 0 aliphatic heterocycles. The third kappa shape index (κ3) is 4.05. The van der Waals surface area contributed by atoms with E-state index in [2.05, 4.69) is 0 Å². The average Bonchev–Trinajstić information content (AvgIpc) is 2.36. The van der Waals surface area contributed by atoms with Crippen LogP contribution in [0, 0.1) is 6.92 Å². The number of carbonyl (C=O) groups is 1. The van der Waals surface area contributed by atoms with E-state index in [1.54, 1.807) is 45.0 Å². The first-order chi connectivity index (χ1) is 9.28. The fourth-order valence-electron chi connectivity index (χ4n) is 1.72. The van der Waals surface area contributed by atoms with Crippen molar-refractivity contribution in [3.8, 4) is 0 Å². The van der Waals surface area contributed by atoms with E-state index < -0.39 is 16.0 Å². The lowest BCUT2D eigenvalue weighted by molar-refractivity contribution is -0.143. The normalized spacial score (nSPS) is 11.9. The van der Waals surface area contributed by atoms with Gasteiger partial charge in [-0.3, -0.25) is 4.79 Å². The Balaban J connectivity index is 3.06. The van der Waals surface area contributed by atoms with Crippen molar-refractivity contribution < 1.29 is 17.9 Å². The summed E-state index contributed by atoms with van der Waals surface area (Å²) in [6.07, 6.45) is 0. The van der Waals surface area contributed by atoms with Crippen molar-refractivity contribution in [1.29, 1.82) is 0 Å². The molecule has 0 unspecified atom stereocenters. The summed E-state index contributed by atoms with van der Waals surface area (Å²) in [5.41, 5.74) is 0.977. The Morgan fingerprint density at radius 3 is 2.25 bits per heavy atom. The van der Waals surface area contributed by atoms with E-state index in [0.29, 0.717) is 0 Å². The van der Waals surface area contributed by atoms with Gasteiger partial charge in [-0.2, -0.15) is 4.31 Å². The summed E-state index contributed by atoms with van der Waals surface area (Å²) < 4.78 is 31.1. The summed E-state index contributed by atoms with van der Waals surface area (Å²) in [5, 5.41) is 0. The zero-order valence-electron chi connectivity index (χ0n) is 12.3. The number of carbonyl (C=O) groups excluding carboxylic acids is 1. The molecule has 112 valence electrons. The Hall–Kier alpha value is -1.40. The first-order valence-electron chi connectivity index (χ1n) is 6.53. The molecule has 0 fully saturated rings. The Morgan fingerprint density at radius 2 is 1.80 bits per heavy atom. The fourth-order valence-corrected chi connectivity index (χ4v) is 3.31. The Morgan fingerprint density at radius 1 is 1.25 bits per heavy atom. The van der Waals surface area contributed by atoms with Crippen molar-refractivity contribution in [1.82, 2.24) is 4.31 Å². The summed E-state index contributed by atoms with van der Waals surface area (Å²) in [5.74, 6) is -0.545. The van der Waals surface area contributed by atoms with Crippen LogP contribution in [0.1, 0.15) is 26.3 Å². The lowest BCUT2D eigenvalue weighted by atomic mass is 10.2. The third-order valence-electron chi connectivity index (χ3n) is 2.79. The lowest BCUT2D eigenvalue weighted by Crippen LogP contribution is -2.41. The molecule has 0 aliphatic carbocycles. The molecule has 0 spiro atoms. The van der Waals surface area contributed by atoms with Gasteiger partial charge in [-0.05, 0) is 39.8 Å². The SMILES string of the molecule is CCOC(=O)CN(C(C)C)S(=O)(=O)c1ccc(C)cc1. The number of sulfonamides is 1. The highest BCUT2D eigenvalue weighted by Crippen LogP contribution is 2.18. The van der Waals surface area contributed by atoms with E-state index in [9.17, 15) is 13.2 Å². The number of ether oxygens (including phenoxy) is 1. The number of nitrogens with zero attached hydrogens (tertiary/aromatic N) is 1. The van der Waals surface area contributed by atoms with Crippen LogP contribution in [0.25, 0.3) is 0 Å². The molecule has 0 atom stereocenters. The molecule has 0 saturated heterocycles. The fraction of sp³-hybridized carbons (Fsp3) is 0.500. The summed E-state index contributed by atoms with van der Waals surface area (Å²) >= 11 is 0. The first-order valence-corrected chi connectivity index (χ1v) is 7.97. The van der Waals surface area contributed by atoms with Crippen LogP contribution < -0.4 is 0 Å². The van der Waals surface area contributed by atoms with Crippen LogP contribution in [0.15, 0.2) is 29.2 Å². The standard InChI is InChI=1S/C14H21NO4S/c1-5-19-14(16)10-15(11(2)3)20(17,18)13-8-6-12(4)7-9-13/h6-9,11H,5,10H2,1-4H3. The monoisotopic (exact) mass is 299 g/mol. The molecule has 1 aromatic rings. The highest BCUT2D eigenvalue weighted by atomic mass is 32.2. The number of hydrogen-bond acceptors (Lipinski definition) is 4. The summed E-state index contributed by atoms with van der Waals surface area (Å²) in [6, 6.07) is 6.23. The zero-order valence-corrected chi connectivity index (χ0v) is 13.1. The maximum atomic E-state index is 12.5. The summed E-state index contributed by atoms with van der Waals surface area (Å²) in [6.45, 7) is 6.98. The Labute approximate surface area is 120 Å². The van der Waals surface area contributed by atoms with Crippen LogP contribution in [0.4, 0.5) is 0 Å². The minimum absolute atomic E-state index is 0.182. The molecule has 0 N–H and O–H groups in total. The average molecular weight is 299 g/mol. The van der Waals surface area contributed by atoms with Crippen molar-refractivity contribution in [3.05, 3.63) is 29.8 Å². The van der Waals surface area contributed by atoms with Gasteiger partial charge in [-0.25, -0.2) is 8.42 Å². The van der Waals surface area contributed by atoms with Gasteiger partial charge in [0.2, 0.25) is 10.0 Å². The summed E-state index contributed by atoms with van der Waals surface area (Å²) in [7, 11) is -3.70. The van der Waals surface area contributed by atoms with Gasteiger partial charge < -0.3 is 4.74 Å². The number of benzene rings is 1. The zero-order chi connectivity index (χ0) is 15.3. The van der Waals surface area contributed by atoms with E-state index in [4.69, 9.17) is 4.74 Å². The minimum atomic E-state index is -3.70. The van der Waals surface area contributed by atoms with Gasteiger partial charge in [-0.15, -0.1) is 0 Å². The van der Waals surface area contributed by atoms with Gasteiger partial charge in [-0.1, -0.05) is 17.7 Å². The predicted octanol–water partition coefficient (Wildman–Crippen LogP) is 1.96. The second-order valence-electron chi connectivity index (χ2n) is 4.76. The molecular formula is C14H21NO4S. The molecule has 0 amide bonds. The Kier molecular flexibility index (Phi) is 5.71. The van der Waals surface area contributed by atoms with Gasteiger partial charge in [0.25, 0.3) is 0 Å². The second-order valence-corrected chi connectivity index (χ2v) is 6.65. The molecule has 0 saturated carbocycles. The van der Waals surface area contributed by atoms with E-state index in [1.807, 2.05) is 6.92 Å². The molecule has 1 rings (SSSR count). The molecule has 1 aromatic carbocycles.